The molecule has 0 aromatic heterocycles. The largest absolute Gasteiger partial charge is 0.490 e. The van der Waals surface area contributed by atoms with Gasteiger partial charge in [-0.2, -0.15) is 0 Å². The molecule has 0 unspecified atom stereocenters. The summed E-state index contributed by atoms with van der Waals surface area (Å²) < 4.78 is 18.3. The zero-order chi connectivity index (χ0) is 13.0. The fourth-order valence-corrected chi connectivity index (χ4v) is 1.21. The summed E-state index contributed by atoms with van der Waals surface area (Å²) in [5, 5.41) is 10.5. The first-order valence-electron chi connectivity index (χ1n) is 4.77. The summed E-state index contributed by atoms with van der Waals surface area (Å²) in [6.07, 6.45) is -0.0462. The number of ether oxygens (including phenoxy) is 1. The number of primary amides is 1. The van der Waals surface area contributed by atoms with Crippen LogP contribution in [0.2, 0.25) is 0 Å². The number of nitro groups is 1. The van der Waals surface area contributed by atoms with Crippen LogP contribution in [0.4, 0.5) is 10.1 Å². The van der Waals surface area contributed by atoms with Crippen molar-refractivity contribution in [3.8, 4) is 5.75 Å². The first-order valence-corrected chi connectivity index (χ1v) is 4.77. The molecule has 17 heavy (non-hydrogen) atoms. The highest BCUT2D eigenvalue weighted by atomic mass is 19.1. The van der Waals surface area contributed by atoms with Gasteiger partial charge in [0, 0.05) is 5.56 Å². The Hall–Kier alpha value is -2.18. The summed E-state index contributed by atoms with van der Waals surface area (Å²) in [6.45, 7) is 1.40. The van der Waals surface area contributed by atoms with Crippen molar-refractivity contribution in [1.29, 1.82) is 0 Å². The predicted molar refractivity (Wildman–Crippen MR) is 57.1 cm³/mol. The average molecular weight is 242 g/mol. The van der Waals surface area contributed by atoms with Crippen molar-refractivity contribution in [2.24, 2.45) is 5.73 Å². The van der Waals surface area contributed by atoms with Crippen LogP contribution in [0.15, 0.2) is 12.1 Å². The van der Waals surface area contributed by atoms with E-state index in [-0.39, 0.29) is 30.0 Å². The molecule has 1 rings (SSSR count). The van der Waals surface area contributed by atoms with Crippen LogP contribution >= 0.6 is 0 Å². The molecule has 0 spiro atoms. The summed E-state index contributed by atoms with van der Waals surface area (Å²) >= 11 is 0. The lowest BCUT2D eigenvalue weighted by molar-refractivity contribution is -0.385. The van der Waals surface area contributed by atoms with Crippen molar-refractivity contribution in [2.45, 2.75) is 13.3 Å². The lowest BCUT2D eigenvalue weighted by Gasteiger charge is -2.07. The summed E-state index contributed by atoms with van der Waals surface area (Å²) in [5.41, 5.74) is 4.85. The van der Waals surface area contributed by atoms with Crippen LogP contribution < -0.4 is 10.5 Å². The number of rotatable bonds is 5. The van der Waals surface area contributed by atoms with Gasteiger partial charge in [0.2, 0.25) is 5.91 Å². The topological polar surface area (TPSA) is 95.5 Å². The molecular weight excluding hydrogens is 231 g/mol. The van der Waals surface area contributed by atoms with Crippen LogP contribution in [-0.4, -0.2) is 17.4 Å². The Bertz CT molecular complexity index is 462. The van der Waals surface area contributed by atoms with Gasteiger partial charge in [0.1, 0.15) is 0 Å². The van der Waals surface area contributed by atoms with Crippen molar-refractivity contribution < 1.29 is 18.8 Å². The van der Waals surface area contributed by atoms with E-state index in [4.69, 9.17) is 10.5 Å². The molecule has 7 heteroatoms. The number of carbonyl (C=O) groups is 1. The Balaban J connectivity index is 2.84. The third-order valence-electron chi connectivity index (χ3n) is 2.05. The summed E-state index contributed by atoms with van der Waals surface area (Å²) in [4.78, 5) is 20.3. The zero-order valence-electron chi connectivity index (χ0n) is 9.10. The van der Waals surface area contributed by atoms with Crippen LogP contribution in [0, 0.1) is 22.9 Å². The first kappa shape index (κ1) is 12.9. The minimum absolute atomic E-state index is 0.0462. The second-order valence-corrected chi connectivity index (χ2v) is 3.39. The number of nitrogens with zero attached hydrogens (tertiary/aromatic N) is 1. The summed E-state index contributed by atoms with van der Waals surface area (Å²) in [5.74, 6) is -1.54. The van der Waals surface area contributed by atoms with Gasteiger partial charge < -0.3 is 10.5 Å². The summed E-state index contributed by atoms with van der Waals surface area (Å²) in [7, 11) is 0. The zero-order valence-corrected chi connectivity index (χ0v) is 9.10. The number of hydrogen-bond acceptors (Lipinski definition) is 4. The number of halogens is 1. The Morgan fingerprint density at radius 1 is 1.59 bits per heavy atom. The molecule has 0 atom stereocenters. The highest BCUT2D eigenvalue weighted by Crippen LogP contribution is 2.26. The van der Waals surface area contributed by atoms with Gasteiger partial charge in [-0.15, -0.1) is 0 Å². The van der Waals surface area contributed by atoms with E-state index in [0.29, 0.717) is 0 Å². The lowest BCUT2D eigenvalue weighted by atomic mass is 10.2. The van der Waals surface area contributed by atoms with E-state index >= 15 is 0 Å². The van der Waals surface area contributed by atoms with Crippen LogP contribution in [0.5, 0.6) is 5.75 Å². The third-order valence-corrected chi connectivity index (χ3v) is 2.05. The molecule has 0 bridgehead atoms. The fraction of sp³-hybridized carbons (Fsp3) is 0.300. The maximum atomic E-state index is 13.4. The van der Waals surface area contributed by atoms with E-state index in [1.165, 1.54) is 13.0 Å². The number of benzene rings is 1. The molecule has 0 aliphatic rings. The Morgan fingerprint density at radius 3 is 2.76 bits per heavy atom. The molecule has 0 heterocycles. The molecule has 1 aromatic carbocycles. The molecule has 0 radical (unpaired) electrons. The smallest absolute Gasteiger partial charge is 0.275 e. The highest BCUT2D eigenvalue weighted by Gasteiger charge is 2.16. The molecule has 0 fully saturated rings. The van der Waals surface area contributed by atoms with Crippen molar-refractivity contribution in [1.82, 2.24) is 0 Å². The van der Waals surface area contributed by atoms with Crippen LogP contribution in [0.25, 0.3) is 0 Å². The van der Waals surface area contributed by atoms with Gasteiger partial charge in [-0.05, 0) is 13.0 Å². The molecule has 1 aromatic rings. The normalized spacial score (nSPS) is 10.0. The second kappa shape index (κ2) is 5.24. The predicted octanol–water partition coefficient (Wildman–Crippen LogP) is 1.30. The second-order valence-electron chi connectivity index (χ2n) is 3.39. The molecule has 1 amide bonds. The number of aryl methyl sites for hydroxylation is 1. The monoisotopic (exact) mass is 242 g/mol. The molecule has 0 saturated heterocycles. The number of hydrogen-bond donors (Lipinski definition) is 1. The minimum Gasteiger partial charge on any atom is -0.490 e. The third kappa shape index (κ3) is 3.40. The highest BCUT2D eigenvalue weighted by molar-refractivity contribution is 5.73. The molecular formula is C10H11FN2O4. The Labute approximate surface area is 96.3 Å². The Morgan fingerprint density at radius 2 is 2.24 bits per heavy atom. The SMILES string of the molecule is Cc1cc(OCCC(N)=O)c(F)cc1[N+](=O)[O-]. The fourth-order valence-electron chi connectivity index (χ4n) is 1.21. The van der Waals surface area contributed by atoms with Crippen LogP contribution in [-0.2, 0) is 4.79 Å². The number of nitro benzene ring substituents is 1. The standard InChI is InChI=1S/C10H11FN2O4/c1-6-4-9(17-3-2-10(12)14)7(11)5-8(6)13(15)16/h4-5H,2-3H2,1H3,(H2,12,14). The van der Waals surface area contributed by atoms with Gasteiger partial charge in [-0.3, -0.25) is 14.9 Å². The van der Waals surface area contributed by atoms with Gasteiger partial charge >= 0.3 is 0 Å². The van der Waals surface area contributed by atoms with E-state index in [1.807, 2.05) is 0 Å². The van der Waals surface area contributed by atoms with Crippen molar-refractivity contribution in [3.05, 3.63) is 33.6 Å². The van der Waals surface area contributed by atoms with Crippen molar-refractivity contribution in [3.63, 3.8) is 0 Å². The lowest BCUT2D eigenvalue weighted by Crippen LogP contribution is -2.15. The minimum atomic E-state index is -0.841. The van der Waals surface area contributed by atoms with Gasteiger partial charge in [0.05, 0.1) is 24.0 Å². The van der Waals surface area contributed by atoms with E-state index in [0.717, 1.165) is 6.07 Å². The Kier molecular flexibility index (Phi) is 3.97. The van der Waals surface area contributed by atoms with Crippen LogP contribution in [0.3, 0.4) is 0 Å². The van der Waals surface area contributed by atoms with Gasteiger partial charge in [-0.25, -0.2) is 4.39 Å². The maximum absolute atomic E-state index is 13.4. The molecule has 0 aliphatic carbocycles. The first-order chi connectivity index (χ1) is 7.91. The van der Waals surface area contributed by atoms with E-state index in [9.17, 15) is 19.3 Å². The molecule has 92 valence electrons. The average Bonchev–Trinajstić information content (AvgIpc) is 2.21. The molecule has 0 aliphatic heterocycles. The summed E-state index contributed by atoms with van der Waals surface area (Å²) in [6, 6.07) is 2.00. The van der Waals surface area contributed by atoms with Gasteiger partial charge in [0.25, 0.3) is 5.69 Å². The quantitative estimate of drug-likeness (QED) is 0.621. The molecule has 2 N–H and O–H groups in total. The van der Waals surface area contributed by atoms with Crippen molar-refractivity contribution >= 4 is 11.6 Å². The van der Waals surface area contributed by atoms with E-state index < -0.39 is 16.6 Å². The molecule has 0 saturated carbocycles. The van der Waals surface area contributed by atoms with E-state index in [1.54, 1.807) is 0 Å². The van der Waals surface area contributed by atoms with Crippen LogP contribution in [0.1, 0.15) is 12.0 Å². The van der Waals surface area contributed by atoms with Gasteiger partial charge in [0.15, 0.2) is 11.6 Å². The number of amides is 1. The van der Waals surface area contributed by atoms with Gasteiger partial charge in [-0.1, -0.05) is 0 Å². The number of carbonyl (C=O) groups excluding carboxylic acids is 1. The van der Waals surface area contributed by atoms with E-state index in [2.05, 4.69) is 0 Å². The van der Waals surface area contributed by atoms with Crippen molar-refractivity contribution in [2.75, 3.05) is 6.61 Å². The number of nitrogens with two attached hydrogens (primary N) is 1. The maximum Gasteiger partial charge on any atom is 0.275 e. The molecule has 6 nitrogen and oxygen atoms in total.